The third kappa shape index (κ3) is 3.49. The van der Waals surface area contributed by atoms with Crippen molar-refractivity contribution in [3.8, 4) is 0 Å². The maximum absolute atomic E-state index is 6.14. The highest BCUT2D eigenvalue weighted by molar-refractivity contribution is 9.09. The Kier molecular flexibility index (Phi) is 4.25. The Labute approximate surface area is 106 Å². The molecule has 1 rings (SSSR count). The van der Waals surface area contributed by atoms with E-state index >= 15 is 0 Å². The minimum absolute atomic E-state index is 0.167. The lowest BCUT2D eigenvalue weighted by molar-refractivity contribution is 0.482. The van der Waals surface area contributed by atoms with Gasteiger partial charge in [0.2, 0.25) is 0 Å². The Hall–Kier alpha value is -0.0100. The van der Waals surface area contributed by atoms with Gasteiger partial charge in [0.05, 0.1) is 0 Å². The number of hydrogen-bond acceptors (Lipinski definition) is 0. The predicted octanol–water partition coefficient (Wildman–Crippen LogP) is 5.10. The van der Waals surface area contributed by atoms with Crippen LogP contribution in [0.4, 0.5) is 0 Å². The van der Waals surface area contributed by atoms with Crippen molar-refractivity contribution in [2.75, 3.05) is 0 Å². The van der Waals surface area contributed by atoms with E-state index in [1.807, 2.05) is 6.92 Å². The molecular formula is C13H18BrCl. The van der Waals surface area contributed by atoms with Crippen molar-refractivity contribution < 1.29 is 0 Å². The maximum atomic E-state index is 6.14. The summed E-state index contributed by atoms with van der Waals surface area (Å²) in [5, 5.41) is 0.864. The van der Waals surface area contributed by atoms with E-state index in [0.29, 0.717) is 4.83 Å². The lowest BCUT2D eigenvalue weighted by Gasteiger charge is -2.27. The molecule has 1 unspecified atom stereocenters. The van der Waals surface area contributed by atoms with Gasteiger partial charge >= 0.3 is 0 Å². The van der Waals surface area contributed by atoms with E-state index in [0.717, 1.165) is 17.0 Å². The fourth-order valence-electron chi connectivity index (χ4n) is 1.83. The molecule has 15 heavy (non-hydrogen) atoms. The number of aryl methyl sites for hydroxylation is 1. The molecule has 0 heterocycles. The normalized spacial score (nSPS) is 14.0. The minimum atomic E-state index is 0.167. The molecule has 0 aliphatic rings. The van der Waals surface area contributed by atoms with Gasteiger partial charge in [-0.2, -0.15) is 0 Å². The molecule has 0 nitrogen and oxygen atoms in total. The highest BCUT2D eigenvalue weighted by atomic mass is 79.9. The Bertz CT molecular complexity index is 342. The first-order chi connectivity index (χ1) is 6.83. The standard InChI is InChI=1S/C13H18BrCl/c1-9-5-6-11(7-12(9)15)13(3,4)8-10(2)14/h5-7,10H,8H2,1-4H3. The first-order valence-electron chi connectivity index (χ1n) is 5.23. The summed E-state index contributed by atoms with van der Waals surface area (Å²) in [5.74, 6) is 0. The highest BCUT2D eigenvalue weighted by Crippen LogP contribution is 2.32. The van der Waals surface area contributed by atoms with E-state index in [1.165, 1.54) is 5.56 Å². The largest absolute Gasteiger partial charge is 0.0893 e. The van der Waals surface area contributed by atoms with Crippen molar-refractivity contribution in [3.63, 3.8) is 0 Å². The second-order valence-corrected chi connectivity index (χ2v) is 6.80. The van der Waals surface area contributed by atoms with Crippen molar-refractivity contribution in [2.45, 2.75) is 44.4 Å². The molecule has 2 heteroatoms. The van der Waals surface area contributed by atoms with Crippen LogP contribution in [-0.2, 0) is 5.41 Å². The molecule has 1 aromatic rings. The predicted molar refractivity (Wildman–Crippen MR) is 72.2 cm³/mol. The number of hydrogen-bond donors (Lipinski definition) is 0. The minimum Gasteiger partial charge on any atom is -0.0893 e. The topological polar surface area (TPSA) is 0 Å². The van der Waals surface area contributed by atoms with E-state index < -0.39 is 0 Å². The van der Waals surface area contributed by atoms with Gasteiger partial charge in [-0.05, 0) is 36.0 Å². The molecule has 0 radical (unpaired) electrons. The third-order valence-electron chi connectivity index (χ3n) is 2.74. The van der Waals surface area contributed by atoms with Crippen LogP contribution in [0.2, 0.25) is 5.02 Å². The Morgan fingerprint density at radius 3 is 2.47 bits per heavy atom. The van der Waals surface area contributed by atoms with E-state index in [-0.39, 0.29) is 5.41 Å². The summed E-state index contributed by atoms with van der Waals surface area (Å²) in [6, 6.07) is 6.36. The SMILES string of the molecule is Cc1ccc(C(C)(C)CC(C)Br)cc1Cl. The molecule has 0 saturated heterocycles. The van der Waals surface area contributed by atoms with Gasteiger partial charge < -0.3 is 0 Å². The first kappa shape index (κ1) is 13.1. The summed E-state index contributed by atoms with van der Waals surface area (Å²) in [6.45, 7) is 8.72. The van der Waals surface area contributed by atoms with Crippen molar-refractivity contribution in [3.05, 3.63) is 34.3 Å². The van der Waals surface area contributed by atoms with Crippen molar-refractivity contribution in [1.82, 2.24) is 0 Å². The van der Waals surface area contributed by atoms with Crippen LogP contribution in [0.1, 0.15) is 38.3 Å². The molecule has 0 aliphatic heterocycles. The van der Waals surface area contributed by atoms with Gasteiger partial charge in [-0.25, -0.2) is 0 Å². The van der Waals surface area contributed by atoms with Gasteiger partial charge in [-0.3, -0.25) is 0 Å². The number of benzene rings is 1. The van der Waals surface area contributed by atoms with Crippen LogP contribution in [0.5, 0.6) is 0 Å². The molecular weight excluding hydrogens is 272 g/mol. The van der Waals surface area contributed by atoms with Crippen LogP contribution in [-0.4, -0.2) is 4.83 Å². The number of alkyl halides is 1. The van der Waals surface area contributed by atoms with Crippen LogP contribution < -0.4 is 0 Å². The van der Waals surface area contributed by atoms with Crippen LogP contribution in [0, 0.1) is 6.92 Å². The van der Waals surface area contributed by atoms with Gasteiger partial charge in [0.1, 0.15) is 0 Å². The number of rotatable bonds is 3. The van der Waals surface area contributed by atoms with Gasteiger partial charge in [0, 0.05) is 9.85 Å². The molecule has 0 fully saturated rings. The molecule has 0 aromatic heterocycles. The fraction of sp³-hybridized carbons (Fsp3) is 0.538. The van der Waals surface area contributed by atoms with Crippen LogP contribution in [0.25, 0.3) is 0 Å². The van der Waals surface area contributed by atoms with E-state index in [9.17, 15) is 0 Å². The van der Waals surface area contributed by atoms with Crippen LogP contribution in [0.15, 0.2) is 18.2 Å². The summed E-state index contributed by atoms with van der Waals surface area (Å²) < 4.78 is 0. The molecule has 84 valence electrons. The van der Waals surface area contributed by atoms with Gasteiger partial charge in [0.25, 0.3) is 0 Å². The second-order valence-electron chi connectivity index (χ2n) is 4.83. The monoisotopic (exact) mass is 288 g/mol. The highest BCUT2D eigenvalue weighted by Gasteiger charge is 2.22. The third-order valence-corrected chi connectivity index (χ3v) is 3.48. The van der Waals surface area contributed by atoms with E-state index in [1.54, 1.807) is 0 Å². The zero-order valence-electron chi connectivity index (χ0n) is 9.77. The Morgan fingerprint density at radius 2 is 2.00 bits per heavy atom. The molecule has 0 aliphatic carbocycles. The van der Waals surface area contributed by atoms with Gasteiger partial charge in [0.15, 0.2) is 0 Å². The molecule has 0 bridgehead atoms. The van der Waals surface area contributed by atoms with E-state index in [4.69, 9.17) is 11.6 Å². The summed E-state index contributed by atoms with van der Waals surface area (Å²) in [7, 11) is 0. The first-order valence-corrected chi connectivity index (χ1v) is 6.53. The fourth-order valence-corrected chi connectivity index (χ4v) is 2.82. The average Bonchev–Trinajstić information content (AvgIpc) is 2.07. The molecule has 0 saturated carbocycles. The zero-order chi connectivity index (χ0) is 11.6. The summed E-state index contributed by atoms with van der Waals surface area (Å²) in [5.41, 5.74) is 2.62. The van der Waals surface area contributed by atoms with Crippen molar-refractivity contribution in [2.24, 2.45) is 0 Å². The average molecular weight is 290 g/mol. The molecule has 0 N–H and O–H groups in total. The zero-order valence-corrected chi connectivity index (χ0v) is 12.1. The summed E-state index contributed by atoms with van der Waals surface area (Å²) in [6.07, 6.45) is 1.10. The number of halogens is 2. The quantitative estimate of drug-likeness (QED) is 0.679. The molecule has 1 aromatic carbocycles. The Morgan fingerprint density at radius 1 is 1.40 bits per heavy atom. The maximum Gasteiger partial charge on any atom is 0.0438 e. The lowest BCUT2D eigenvalue weighted by Crippen LogP contribution is -2.20. The van der Waals surface area contributed by atoms with Gasteiger partial charge in [-0.15, -0.1) is 0 Å². The van der Waals surface area contributed by atoms with Crippen LogP contribution in [0.3, 0.4) is 0 Å². The van der Waals surface area contributed by atoms with Crippen molar-refractivity contribution in [1.29, 1.82) is 0 Å². The smallest absolute Gasteiger partial charge is 0.0438 e. The van der Waals surface area contributed by atoms with E-state index in [2.05, 4.69) is 54.9 Å². The van der Waals surface area contributed by atoms with Gasteiger partial charge in [-0.1, -0.05) is 60.4 Å². The molecule has 1 atom stereocenters. The molecule has 0 amide bonds. The summed E-state index contributed by atoms with van der Waals surface area (Å²) in [4.78, 5) is 0.521. The lowest BCUT2D eigenvalue weighted by atomic mass is 9.80. The second kappa shape index (κ2) is 4.88. The van der Waals surface area contributed by atoms with Crippen LogP contribution >= 0.6 is 27.5 Å². The Balaban J connectivity index is 2.99. The van der Waals surface area contributed by atoms with Crippen molar-refractivity contribution >= 4 is 27.5 Å². The summed E-state index contributed by atoms with van der Waals surface area (Å²) >= 11 is 9.75. The molecule has 0 spiro atoms.